The van der Waals surface area contributed by atoms with Crippen LogP contribution in [0, 0.1) is 13.8 Å². The molecule has 0 saturated carbocycles. The first-order chi connectivity index (χ1) is 22.2. The van der Waals surface area contributed by atoms with Gasteiger partial charge in [-0.1, -0.05) is 38.1 Å². The molecule has 0 fully saturated rings. The molecular weight excluding hydrogens is 584 g/mol. The van der Waals surface area contributed by atoms with Gasteiger partial charge >= 0.3 is 6.09 Å². The van der Waals surface area contributed by atoms with E-state index >= 15 is 0 Å². The van der Waals surface area contributed by atoms with Crippen molar-refractivity contribution in [3.05, 3.63) is 83.4 Å². The van der Waals surface area contributed by atoms with Crippen molar-refractivity contribution >= 4 is 29.3 Å². The van der Waals surface area contributed by atoms with Crippen molar-refractivity contribution in [2.24, 2.45) is 0 Å². The average molecular weight is 627 g/mol. The number of nitrogens with zero attached hydrogens (tertiary/aromatic N) is 3. The van der Waals surface area contributed by atoms with E-state index in [2.05, 4.69) is 39.7 Å². The van der Waals surface area contributed by atoms with Crippen LogP contribution in [0.25, 0.3) is 11.3 Å². The highest BCUT2D eigenvalue weighted by atomic mass is 16.6. The Balaban J connectivity index is 1.55. The minimum absolute atomic E-state index is 0.0282. The molecule has 0 unspecified atom stereocenters. The number of aromatic nitrogens is 2. The molecule has 1 aromatic heterocycles. The van der Waals surface area contributed by atoms with Crippen LogP contribution in [0.4, 0.5) is 22.1 Å². The van der Waals surface area contributed by atoms with E-state index in [1.54, 1.807) is 49.6 Å². The van der Waals surface area contributed by atoms with E-state index in [1.165, 1.54) is 7.11 Å². The van der Waals surface area contributed by atoms with Crippen molar-refractivity contribution in [2.45, 2.75) is 34.1 Å². The minimum atomic E-state index is -0.764. The van der Waals surface area contributed by atoms with Crippen LogP contribution in [0.5, 0.6) is 17.4 Å². The van der Waals surface area contributed by atoms with Crippen LogP contribution in [0.3, 0.4) is 0 Å². The van der Waals surface area contributed by atoms with Crippen molar-refractivity contribution < 1.29 is 23.8 Å². The van der Waals surface area contributed by atoms with Crippen LogP contribution in [0.1, 0.15) is 41.8 Å². The molecule has 11 heteroatoms. The van der Waals surface area contributed by atoms with E-state index < -0.39 is 6.09 Å². The second-order valence-electron chi connectivity index (χ2n) is 10.6. The van der Waals surface area contributed by atoms with Gasteiger partial charge in [0, 0.05) is 35.5 Å². The lowest BCUT2D eigenvalue weighted by atomic mass is 10.0. The molecule has 46 heavy (non-hydrogen) atoms. The van der Waals surface area contributed by atoms with Gasteiger partial charge in [0.15, 0.2) is 0 Å². The zero-order valence-corrected chi connectivity index (χ0v) is 27.3. The largest absolute Gasteiger partial charge is 0.497 e. The zero-order valence-electron chi connectivity index (χ0n) is 27.3. The van der Waals surface area contributed by atoms with Gasteiger partial charge in [0.25, 0.3) is 5.91 Å². The van der Waals surface area contributed by atoms with Crippen LogP contribution in [0.2, 0.25) is 0 Å². The normalized spacial score (nSPS) is 10.8. The number of aryl methyl sites for hydroxylation is 1. The smallest absolute Gasteiger partial charge is 0.418 e. The molecule has 1 heterocycles. The third-order valence-electron chi connectivity index (χ3n) is 7.64. The number of amides is 2. The van der Waals surface area contributed by atoms with E-state index in [4.69, 9.17) is 19.2 Å². The summed E-state index contributed by atoms with van der Waals surface area (Å²) in [5, 5.41) is 8.87. The molecule has 0 aliphatic rings. The third kappa shape index (κ3) is 8.95. The molecular formula is C35H42N6O5. The van der Waals surface area contributed by atoms with E-state index in [0.717, 1.165) is 42.7 Å². The molecule has 11 nitrogen and oxygen atoms in total. The summed E-state index contributed by atoms with van der Waals surface area (Å²) in [6.45, 7) is 11.8. The molecule has 0 aliphatic carbocycles. The number of hydrogen-bond donors (Lipinski definition) is 3. The van der Waals surface area contributed by atoms with Crippen molar-refractivity contribution in [3.63, 3.8) is 0 Å². The summed E-state index contributed by atoms with van der Waals surface area (Å²) >= 11 is 0. The summed E-state index contributed by atoms with van der Waals surface area (Å²) in [5.41, 5.74) is 5.06. The lowest BCUT2D eigenvalue weighted by molar-refractivity contribution is 0.0951. The third-order valence-corrected chi connectivity index (χ3v) is 7.64. The molecule has 4 rings (SSSR count). The molecule has 0 saturated heterocycles. The molecule has 0 atom stereocenters. The van der Waals surface area contributed by atoms with Crippen LogP contribution in [0.15, 0.2) is 66.7 Å². The predicted octanol–water partition coefficient (Wildman–Crippen LogP) is 6.59. The molecule has 0 bridgehead atoms. The monoisotopic (exact) mass is 626 g/mol. The standard InChI is InChI=1S/C35H42N6O5/c1-7-41(8-2)19-11-18-36-33(42)25-13-10-14-26(20-25)37-34-38-30(28-15-9-12-23(3)24(28)4)22-32(40-34)46-35(43)39-29-17-16-27(44-5)21-31(29)45-6/h9-10,12-17,20-22H,7-8,11,18-19H2,1-6H3,(H,36,42)(H,39,43)(H,37,38,40). The van der Waals surface area contributed by atoms with Crippen molar-refractivity contribution in [1.82, 2.24) is 20.2 Å². The highest BCUT2D eigenvalue weighted by molar-refractivity contribution is 5.95. The molecule has 242 valence electrons. The van der Waals surface area contributed by atoms with Gasteiger partial charge in [0.2, 0.25) is 11.8 Å². The van der Waals surface area contributed by atoms with E-state index in [0.29, 0.717) is 40.7 Å². The number of nitrogens with one attached hydrogen (secondary N) is 3. The van der Waals surface area contributed by atoms with Gasteiger partial charge < -0.3 is 29.7 Å². The summed E-state index contributed by atoms with van der Waals surface area (Å²) in [5.74, 6) is 1.05. The Bertz CT molecular complexity index is 1660. The molecule has 2 amide bonds. The zero-order chi connectivity index (χ0) is 33.1. The molecule has 0 radical (unpaired) electrons. The lowest BCUT2D eigenvalue weighted by Gasteiger charge is -2.17. The number of anilines is 3. The number of rotatable bonds is 14. The van der Waals surface area contributed by atoms with Gasteiger partial charge in [-0.15, -0.1) is 0 Å². The summed E-state index contributed by atoms with van der Waals surface area (Å²) in [7, 11) is 3.04. The number of carbonyl (C=O) groups excluding carboxylic acids is 2. The minimum Gasteiger partial charge on any atom is -0.497 e. The maximum Gasteiger partial charge on any atom is 0.418 e. The fourth-order valence-corrected chi connectivity index (χ4v) is 4.85. The molecule has 4 aromatic rings. The van der Waals surface area contributed by atoms with Gasteiger partial charge in [-0.3, -0.25) is 10.1 Å². The summed E-state index contributed by atoms with van der Waals surface area (Å²) in [6.07, 6.45) is 0.103. The van der Waals surface area contributed by atoms with Crippen molar-refractivity contribution in [2.75, 3.05) is 51.0 Å². The Hall–Kier alpha value is -5.16. The second-order valence-corrected chi connectivity index (χ2v) is 10.6. The Morgan fingerprint density at radius 2 is 1.67 bits per heavy atom. The molecule has 3 aromatic carbocycles. The number of ether oxygens (including phenoxy) is 3. The highest BCUT2D eigenvalue weighted by Gasteiger charge is 2.16. The summed E-state index contributed by atoms with van der Waals surface area (Å²) in [4.78, 5) is 37.4. The SMILES string of the molecule is CCN(CC)CCCNC(=O)c1cccc(Nc2nc(OC(=O)Nc3ccc(OC)cc3OC)cc(-c3cccc(C)c3C)n2)c1. The second kappa shape index (κ2) is 16.2. The van der Waals surface area contributed by atoms with E-state index in [1.807, 2.05) is 38.1 Å². The number of hydrogen-bond acceptors (Lipinski definition) is 9. The van der Waals surface area contributed by atoms with E-state index in [-0.39, 0.29) is 17.7 Å². The fourth-order valence-electron chi connectivity index (χ4n) is 4.85. The first-order valence-corrected chi connectivity index (χ1v) is 15.3. The first kappa shape index (κ1) is 33.7. The van der Waals surface area contributed by atoms with Gasteiger partial charge in [0.05, 0.1) is 25.6 Å². The van der Waals surface area contributed by atoms with Crippen molar-refractivity contribution in [1.29, 1.82) is 0 Å². The summed E-state index contributed by atoms with van der Waals surface area (Å²) < 4.78 is 16.3. The maximum absolute atomic E-state index is 13.0. The number of methoxy groups -OCH3 is 2. The molecule has 0 aliphatic heterocycles. The van der Waals surface area contributed by atoms with Gasteiger partial charge in [0.1, 0.15) is 11.5 Å². The van der Waals surface area contributed by atoms with Gasteiger partial charge in [-0.2, -0.15) is 4.98 Å². The predicted molar refractivity (Wildman–Crippen MR) is 181 cm³/mol. The average Bonchev–Trinajstić information content (AvgIpc) is 3.06. The quantitative estimate of drug-likeness (QED) is 0.133. The van der Waals surface area contributed by atoms with Crippen molar-refractivity contribution in [3.8, 4) is 28.6 Å². The summed E-state index contributed by atoms with van der Waals surface area (Å²) in [6, 6.07) is 19.6. The van der Waals surface area contributed by atoms with Crippen LogP contribution in [-0.4, -0.2) is 67.3 Å². The highest BCUT2D eigenvalue weighted by Crippen LogP contribution is 2.31. The number of benzene rings is 3. The lowest BCUT2D eigenvalue weighted by Crippen LogP contribution is -2.29. The first-order valence-electron chi connectivity index (χ1n) is 15.3. The maximum atomic E-state index is 13.0. The van der Waals surface area contributed by atoms with Crippen LogP contribution < -0.4 is 30.2 Å². The number of carbonyl (C=O) groups is 2. The Kier molecular flexibility index (Phi) is 11.9. The topological polar surface area (TPSA) is 127 Å². The van der Waals surface area contributed by atoms with Crippen LogP contribution >= 0.6 is 0 Å². The fraction of sp³-hybridized carbons (Fsp3) is 0.314. The van der Waals surface area contributed by atoms with Crippen LogP contribution in [-0.2, 0) is 0 Å². The van der Waals surface area contributed by atoms with Gasteiger partial charge in [-0.25, -0.2) is 9.78 Å². The Morgan fingerprint density at radius 3 is 2.41 bits per heavy atom. The van der Waals surface area contributed by atoms with Gasteiger partial charge in [-0.05, 0) is 81.4 Å². The molecule has 3 N–H and O–H groups in total. The Labute approximate surface area is 270 Å². The van der Waals surface area contributed by atoms with E-state index in [9.17, 15) is 9.59 Å². The molecule has 0 spiro atoms. The Morgan fingerprint density at radius 1 is 0.891 bits per heavy atom.